The molecular formula is C14H18N2O3. The molecule has 1 atom stereocenters. The first-order chi connectivity index (χ1) is 9.10. The molecule has 0 aliphatic heterocycles. The van der Waals surface area contributed by atoms with Gasteiger partial charge in [0.15, 0.2) is 0 Å². The lowest BCUT2D eigenvalue weighted by molar-refractivity contribution is -0.143. The van der Waals surface area contributed by atoms with Crippen LogP contribution in [0.4, 0.5) is 5.69 Å². The van der Waals surface area contributed by atoms with E-state index in [9.17, 15) is 4.79 Å². The molecule has 0 aliphatic rings. The third kappa shape index (κ3) is 4.51. The van der Waals surface area contributed by atoms with Crippen LogP contribution in [0.25, 0.3) is 0 Å². The number of nitriles is 1. The quantitative estimate of drug-likeness (QED) is 0.796. The van der Waals surface area contributed by atoms with Crippen LogP contribution in [-0.4, -0.2) is 25.7 Å². The molecule has 0 fully saturated rings. The fourth-order valence-corrected chi connectivity index (χ4v) is 1.67. The van der Waals surface area contributed by atoms with E-state index in [1.165, 1.54) is 7.11 Å². The highest BCUT2D eigenvalue weighted by molar-refractivity contribution is 5.71. The summed E-state index contributed by atoms with van der Waals surface area (Å²) in [5.41, 5.74) is 1.28. The highest BCUT2D eigenvalue weighted by atomic mass is 16.5. The number of carbonyl (C=O) groups excluding carboxylic acids is 1. The van der Waals surface area contributed by atoms with E-state index < -0.39 is 0 Å². The summed E-state index contributed by atoms with van der Waals surface area (Å²) < 4.78 is 10.1. The molecule has 0 radical (unpaired) electrons. The Balaban J connectivity index is 2.71. The lowest BCUT2D eigenvalue weighted by Crippen LogP contribution is -2.21. The molecule has 0 saturated carbocycles. The Labute approximate surface area is 113 Å². The summed E-state index contributed by atoms with van der Waals surface area (Å²) in [4.78, 5) is 11.4. The zero-order chi connectivity index (χ0) is 14.3. The third-order valence-corrected chi connectivity index (χ3v) is 2.51. The molecular weight excluding hydrogens is 244 g/mol. The monoisotopic (exact) mass is 262 g/mol. The van der Waals surface area contributed by atoms with Crippen molar-refractivity contribution in [2.24, 2.45) is 0 Å². The van der Waals surface area contributed by atoms with Crippen molar-refractivity contribution in [2.75, 3.05) is 19.0 Å². The van der Waals surface area contributed by atoms with Crippen molar-refractivity contribution in [2.45, 2.75) is 26.3 Å². The molecule has 19 heavy (non-hydrogen) atoms. The van der Waals surface area contributed by atoms with Gasteiger partial charge in [-0.3, -0.25) is 4.79 Å². The maximum atomic E-state index is 11.4. The van der Waals surface area contributed by atoms with E-state index in [1.807, 2.05) is 13.0 Å². The maximum absolute atomic E-state index is 11.4. The number of rotatable bonds is 6. The van der Waals surface area contributed by atoms with Gasteiger partial charge >= 0.3 is 5.97 Å². The number of esters is 1. The fraction of sp³-hybridized carbons (Fsp3) is 0.429. The van der Waals surface area contributed by atoms with Gasteiger partial charge < -0.3 is 14.8 Å². The smallest absolute Gasteiger partial charge is 0.307 e. The number of methoxy groups -OCH3 is 1. The normalized spacial score (nSPS) is 11.3. The van der Waals surface area contributed by atoms with Crippen molar-refractivity contribution < 1.29 is 14.3 Å². The molecule has 0 spiro atoms. The van der Waals surface area contributed by atoms with Crippen LogP contribution in [0.3, 0.4) is 0 Å². The van der Waals surface area contributed by atoms with Gasteiger partial charge in [-0.15, -0.1) is 0 Å². The lowest BCUT2D eigenvalue weighted by Gasteiger charge is -2.17. The predicted molar refractivity (Wildman–Crippen MR) is 72.0 cm³/mol. The van der Waals surface area contributed by atoms with Gasteiger partial charge in [-0.05, 0) is 26.0 Å². The van der Waals surface area contributed by atoms with Crippen molar-refractivity contribution in [3.05, 3.63) is 23.8 Å². The van der Waals surface area contributed by atoms with Gasteiger partial charge in [0.2, 0.25) is 0 Å². The average Bonchev–Trinajstić information content (AvgIpc) is 2.39. The second-order valence-corrected chi connectivity index (χ2v) is 4.08. The first-order valence-corrected chi connectivity index (χ1v) is 6.11. The van der Waals surface area contributed by atoms with Gasteiger partial charge in [-0.25, -0.2) is 0 Å². The second-order valence-electron chi connectivity index (χ2n) is 4.08. The summed E-state index contributed by atoms with van der Waals surface area (Å²) in [7, 11) is 1.54. The molecule has 5 heteroatoms. The van der Waals surface area contributed by atoms with Crippen LogP contribution in [0, 0.1) is 11.3 Å². The van der Waals surface area contributed by atoms with E-state index in [1.54, 1.807) is 25.1 Å². The van der Waals surface area contributed by atoms with Crippen LogP contribution in [0.2, 0.25) is 0 Å². The van der Waals surface area contributed by atoms with E-state index in [0.29, 0.717) is 17.9 Å². The Kier molecular flexibility index (Phi) is 5.68. The highest BCUT2D eigenvalue weighted by Gasteiger charge is 2.12. The van der Waals surface area contributed by atoms with Crippen molar-refractivity contribution >= 4 is 11.7 Å². The number of anilines is 1. The number of benzene rings is 1. The van der Waals surface area contributed by atoms with Crippen molar-refractivity contribution in [3.8, 4) is 11.8 Å². The Morgan fingerprint density at radius 1 is 1.53 bits per heavy atom. The largest absolute Gasteiger partial charge is 0.495 e. The average molecular weight is 262 g/mol. The van der Waals surface area contributed by atoms with Crippen molar-refractivity contribution in [1.82, 2.24) is 0 Å². The molecule has 0 heterocycles. The molecule has 1 aromatic rings. The molecule has 1 unspecified atom stereocenters. The minimum atomic E-state index is -0.241. The molecule has 0 saturated heterocycles. The Hall–Kier alpha value is -2.22. The molecule has 1 N–H and O–H groups in total. The van der Waals surface area contributed by atoms with Crippen molar-refractivity contribution in [3.63, 3.8) is 0 Å². The minimum absolute atomic E-state index is 0.0825. The van der Waals surface area contributed by atoms with E-state index in [4.69, 9.17) is 14.7 Å². The minimum Gasteiger partial charge on any atom is -0.495 e. The topological polar surface area (TPSA) is 71.3 Å². The predicted octanol–water partition coefficient (Wildman–Crippen LogP) is 2.32. The van der Waals surface area contributed by atoms with Crippen LogP contribution in [0.1, 0.15) is 25.8 Å². The number of carbonyl (C=O) groups is 1. The Morgan fingerprint density at radius 2 is 2.26 bits per heavy atom. The lowest BCUT2D eigenvalue weighted by atomic mass is 10.1. The van der Waals surface area contributed by atoms with Crippen LogP contribution in [0.15, 0.2) is 18.2 Å². The molecule has 0 bridgehead atoms. The second kappa shape index (κ2) is 7.27. The van der Waals surface area contributed by atoms with E-state index in [0.717, 1.165) is 5.69 Å². The molecule has 0 aliphatic carbocycles. The Bertz CT molecular complexity index is 480. The summed E-state index contributed by atoms with van der Waals surface area (Å²) in [6.07, 6.45) is 0.275. The molecule has 102 valence electrons. The summed E-state index contributed by atoms with van der Waals surface area (Å²) in [5, 5.41) is 12.0. The fourth-order valence-electron chi connectivity index (χ4n) is 1.67. The number of hydrogen-bond acceptors (Lipinski definition) is 5. The maximum Gasteiger partial charge on any atom is 0.307 e. The van der Waals surface area contributed by atoms with Gasteiger partial charge in [0, 0.05) is 12.1 Å². The van der Waals surface area contributed by atoms with E-state index >= 15 is 0 Å². The van der Waals surface area contributed by atoms with Crippen LogP contribution in [0.5, 0.6) is 5.75 Å². The van der Waals surface area contributed by atoms with Gasteiger partial charge in [-0.2, -0.15) is 5.26 Å². The number of nitrogens with zero attached hydrogens (tertiary/aromatic N) is 1. The van der Waals surface area contributed by atoms with Crippen LogP contribution >= 0.6 is 0 Å². The van der Waals surface area contributed by atoms with E-state index in [-0.39, 0.29) is 18.4 Å². The third-order valence-electron chi connectivity index (χ3n) is 2.51. The summed E-state index contributed by atoms with van der Waals surface area (Å²) in [6.45, 7) is 4.04. The van der Waals surface area contributed by atoms with Crippen LogP contribution in [-0.2, 0) is 9.53 Å². The summed E-state index contributed by atoms with van der Waals surface area (Å²) in [6, 6.07) is 7.08. The standard InChI is InChI=1S/C14H18N2O3/c1-4-19-14(17)7-10(2)16-12-6-5-11(9-15)8-13(12)18-3/h5-6,8,10,16H,4,7H2,1-3H3. The zero-order valence-corrected chi connectivity index (χ0v) is 11.4. The van der Waals surface area contributed by atoms with Gasteiger partial charge in [0.1, 0.15) is 5.75 Å². The number of nitrogens with one attached hydrogen (secondary N) is 1. The number of ether oxygens (including phenoxy) is 2. The van der Waals surface area contributed by atoms with Gasteiger partial charge in [0.05, 0.1) is 37.5 Å². The molecule has 5 nitrogen and oxygen atoms in total. The number of hydrogen-bond donors (Lipinski definition) is 1. The van der Waals surface area contributed by atoms with Gasteiger partial charge in [-0.1, -0.05) is 0 Å². The molecule has 0 amide bonds. The molecule has 1 aromatic carbocycles. The summed E-state index contributed by atoms with van der Waals surface area (Å²) >= 11 is 0. The summed E-state index contributed by atoms with van der Waals surface area (Å²) in [5.74, 6) is 0.338. The van der Waals surface area contributed by atoms with Crippen LogP contribution < -0.4 is 10.1 Å². The first-order valence-electron chi connectivity index (χ1n) is 6.11. The van der Waals surface area contributed by atoms with Crippen molar-refractivity contribution in [1.29, 1.82) is 5.26 Å². The molecule has 1 rings (SSSR count). The van der Waals surface area contributed by atoms with E-state index in [2.05, 4.69) is 5.32 Å². The Morgan fingerprint density at radius 3 is 2.84 bits per heavy atom. The molecule has 0 aromatic heterocycles. The van der Waals surface area contributed by atoms with Gasteiger partial charge in [0.25, 0.3) is 0 Å². The highest BCUT2D eigenvalue weighted by Crippen LogP contribution is 2.26. The zero-order valence-electron chi connectivity index (χ0n) is 11.4. The SMILES string of the molecule is CCOC(=O)CC(C)Nc1ccc(C#N)cc1OC. The first kappa shape index (κ1) is 14.8.